The summed E-state index contributed by atoms with van der Waals surface area (Å²) in [7, 11) is 0. The molecule has 0 aliphatic carbocycles. The lowest BCUT2D eigenvalue weighted by atomic mass is 9.74. The van der Waals surface area contributed by atoms with Gasteiger partial charge < -0.3 is 14.7 Å². The molecule has 0 saturated carbocycles. The Kier molecular flexibility index (Phi) is 7.72. The van der Waals surface area contributed by atoms with Crippen molar-refractivity contribution in [1.82, 2.24) is 4.90 Å². The Bertz CT molecular complexity index is 1110. The number of rotatable bonds is 7. The lowest BCUT2D eigenvalue weighted by Crippen LogP contribution is -2.43. The van der Waals surface area contributed by atoms with E-state index in [0.29, 0.717) is 23.9 Å². The summed E-state index contributed by atoms with van der Waals surface area (Å²) < 4.78 is 6.94. The molecule has 0 radical (unpaired) electrons. The smallest absolute Gasteiger partial charge is 0.125 e. The lowest BCUT2D eigenvalue weighted by molar-refractivity contribution is 0.0873. The number of hydrogen-bond donors (Lipinski definition) is 1. The van der Waals surface area contributed by atoms with Crippen LogP contribution >= 0.6 is 27.5 Å². The third kappa shape index (κ3) is 5.77. The molecule has 0 amide bonds. The maximum absolute atomic E-state index is 11.1. The number of β-amino-alcohol motifs (C(OH)–C–C–N with tert-alkyl or cyclic N) is 1. The molecule has 6 heteroatoms. The van der Waals surface area contributed by atoms with Gasteiger partial charge in [-0.15, -0.1) is 0 Å². The number of halogens is 2. The molecule has 4 nitrogen and oxygen atoms in total. The van der Waals surface area contributed by atoms with Gasteiger partial charge in [-0.3, -0.25) is 0 Å². The van der Waals surface area contributed by atoms with Gasteiger partial charge in [0.15, 0.2) is 0 Å². The zero-order chi connectivity index (χ0) is 23.3. The summed E-state index contributed by atoms with van der Waals surface area (Å²) in [5, 5.41) is 21.7. The van der Waals surface area contributed by atoms with E-state index in [-0.39, 0.29) is 0 Å². The van der Waals surface area contributed by atoms with E-state index in [1.54, 1.807) is 0 Å². The van der Waals surface area contributed by atoms with Gasteiger partial charge in [0.1, 0.15) is 12.4 Å². The number of hydrogen-bond acceptors (Lipinski definition) is 4. The first kappa shape index (κ1) is 23.8. The molecule has 1 aliphatic rings. The van der Waals surface area contributed by atoms with Crippen molar-refractivity contribution in [2.24, 2.45) is 0 Å². The number of ether oxygens (including phenoxy) is 1. The zero-order valence-electron chi connectivity index (χ0n) is 18.3. The highest BCUT2D eigenvalue weighted by molar-refractivity contribution is 9.10. The van der Waals surface area contributed by atoms with Crippen molar-refractivity contribution in [3.05, 3.63) is 99.0 Å². The van der Waals surface area contributed by atoms with E-state index in [1.165, 1.54) is 0 Å². The Morgan fingerprint density at radius 3 is 2.42 bits per heavy atom. The molecule has 1 unspecified atom stereocenters. The molecule has 0 spiro atoms. The normalized spacial score (nSPS) is 16.7. The Balaban J connectivity index is 1.41. The highest BCUT2D eigenvalue weighted by atomic mass is 79.9. The van der Waals surface area contributed by atoms with Crippen LogP contribution in [0.2, 0.25) is 5.02 Å². The van der Waals surface area contributed by atoms with Gasteiger partial charge in [-0.05, 0) is 54.3 Å². The second-order valence-corrected chi connectivity index (χ2v) is 9.83. The molecule has 1 heterocycles. The number of benzene rings is 3. The molecule has 1 saturated heterocycles. The fraction of sp³-hybridized carbons (Fsp3) is 0.296. The summed E-state index contributed by atoms with van der Waals surface area (Å²) in [6.45, 7) is 2.40. The van der Waals surface area contributed by atoms with Crippen LogP contribution in [0.3, 0.4) is 0 Å². The SMILES string of the molecule is N#CC1(c2ccccc2)CCN(CC(O)c2cc(Br)ccc2OCc2ccc(Cl)cc2)CC1. The van der Waals surface area contributed by atoms with Gasteiger partial charge >= 0.3 is 0 Å². The van der Waals surface area contributed by atoms with Crippen LogP contribution in [0, 0.1) is 11.3 Å². The third-order valence-corrected chi connectivity index (χ3v) is 7.06. The quantitative estimate of drug-likeness (QED) is 0.395. The monoisotopic (exact) mass is 524 g/mol. The summed E-state index contributed by atoms with van der Waals surface area (Å²) in [6.07, 6.45) is 0.797. The predicted molar refractivity (Wildman–Crippen MR) is 134 cm³/mol. The van der Waals surface area contributed by atoms with Gasteiger partial charge in [-0.25, -0.2) is 0 Å². The third-order valence-electron chi connectivity index (χ3n) is 6.32. The van der Waals surface area contributed by atoms with E-state index in [0.717, 1.165) is 47.1 Å². The van der Waals surface area contributed by atoms with Crippen LogP contribution in [0.25, 0.3) is 0 Å². The maximum Gasteiger partial charge on any atom is 0.125 e. The topological polar surface area (TPSA) is 56.5 Å². The van der Waals surface area contributed by atoms with E-state index < -0.39 is 11.5 Å². The second kappa shape index (κ2) is 10.7. The molecule has 1 aliphatic heterocycles. The van der Waals surface area contributed by atoms with Crippen molar-refractivity contribution >= 4 is 27.5 Å². The molecule has 0 bridgehead atoms. The largest absolute Gasteiger partial charge is 0.489 e. The summed E-state index contributed by atoms with van der Waals surface area (Å²) in [4.78, 5) is 2.23. The van der Waals surface area contributed by atoms with Crippen LogP contribution in [-0.4, -0.2) is 29.6 Å². The molecule has 4 rings (SSSR count). The number of aliphatic hydroxyl groups is 1. The van der Waals surface area contributed by atoms with Gasteiger partial charge in [0.2, 0.25) is 0 Å². The highest BCUT2D eigenvalue weighted by Gasteiger charge is 2.36. The van der Waals surface area contributed by atoms with Crippen LogP contribution in [-0.2, 0) is 12.0 Å². The van der Waals surface area contributed by atoms with Crippen molar-refractivity contribution in [3.8, 4) is 11.8 Å². The van der Waals surface area contributed by atoms with Gasteiger partial charge in [-0.1, -0.05) is 70.0 Å². The van der Waals surface area contributed by atoms with Gasteiger partial charge in [0.25, 0.3) is 0 Å². The Labute approximate surface area is 208 Å². The summed E-state index contributed by atoms with van der Waals surface area (Å²) in [5.74, 6) is 0.660. The molecular weight excluding hydrogens is 500 g/mol. The maximum atomic E-state index is 11.1. The average Bonchev–Trinajstić information content (AvgIpc) is 2.85. The summed E-state index contributed by atoms with van der Waals surface area (Å²) in [6, 6.07) is 25.8. The first-order valence-corrected chi connectivity index (χ1v) is 12.2. The predicted octanol–water partition coefficient (Wildman–Crippen LogP) is 6.27. The molecule has 1 N–H and O–H groups in total. The molecule has 0 aromatic heterocycles. The van der Waals surface area contributed by atoms with Crippen LogP contribution in [0.15, 0.2) is 77.3 Å². The minimum absolute atomic E-state index is 0.393. The van der Waals surface area contributed by atoms with Crippen LogP contribution < -0.4 is 4.74 Å². The van der Waals surface area contributed by atoms with Crippen molar-refractivity contribution in [2.75, 3.05) is 19.6 Å². The Morgan fingerprint density at radius 1 is 1.06 bits per heavy atom. The van der Waals surface area contributed by atoms with Gasteiger partial charge in [-0.2, -0.15) is 5.26 Å². The van der Waals surface area contributed by atoms with Crippen LogP contribution in [0.5, 0.6) is 5.75 Å². The van der Waals surface area contributed by atoms with E-state index in [2.05, 4.69) is 26.9 Å². The Hall–Kier alpha value is -2.36. The minimum Gasteiger partial charge on any atom is -0.489 e. The fourth-order valence-corrected chi connectivity index (χ4v) is 4.84. The van der Waals surface area contributed by atoms with Crippen LogP contribution in [0.1, 0.15) is 35.6 Å². The second-order valence-electron chi connectivity index (χ2n) is 8.47. The number of piperidine rings is 1. The summed E-state index contributed by atoms with van der Waals surface area (Å²) >= 11 is 9.48. The van der Waals surface area contributed by atoms with Crippen LogP contribution in [0.4, 0.5) is 0 Å². The highest BCUT2D eigenvalue weighted by Crippen LogP contribution is 2.36. The first-order chi connectivity index (χ1) is 16.0. The average molecular weight is 526 g/mol. The zero-order valence-corrected chi connectivity index (χ0v) is 20.6. The van der Waals surface area contributed by atoms with Crippen molar-refractivity contribution in [1.29, 1.82) is 5.26 Å². The lowest BCUT2D eigenvalue weighted by Gasteiger charge is -2.38. The van der Waals surface area contributed by atoms with Crippen molar-refractivity contribution in [3.63, 3.8) is 0 Å². The number of aliphatic hydroxyl groups excluding tert-OH is 1. The summed E-state index contributed by atoms with van der Waals surface area (Å²) in [5.41, 5.74) is 2.38. The first-order valence-electron chi connectivity index (χ1n) is 11.0. The molecule has 1 atom stereocenters. The van der Waals surface area contributed by atoms with E-state index >= 15 is 0 Å². The van der Waals surface area contributed by atoms with Crippen molar-refractivity contribution < 1.29 is 9.84 Å². The van der Waals surface area contributed by atoms with Gasteiger partial charge in [0, 0.05) is 34.7 Å². The minimum atomic E-state index is -0.700. The molecular formula is C27H26BrClN2O2. The van der Waals surface area contributed by atoms with E-state index in [1.807, 2.05) is 72.8 Å². The number of likely N-dealkylation sites (tertiary alicyclic amines) is 1. The Morgan fingerprint density at radius 2 is 1.76 bits per heavy atom. The van der Waals surface area contributed by atoms with E-state index in [9.17, 15) is 10.4 Å². The molecule has 1 fully saturated rings. The molecule has 3 aromatic carbocycles. The van der Waals surface area contributed by atoms with Gasteiger partial charge in [0.05, 0.1) is 17.6 Å². The van der Waals surface area contributed by atoms with Crippen molar-refractivity contribution in [2.45, 2.75) is 31.0 Å². The standard InChI is InChI=1S/C27H26BrClN2O2/c28-22-8-11-26(33-18-20-6-9-23(29)10-7-20)24(16-22)25(32)17-31-14-12-27(19-30,13-15-31)21-4-2-1-3-5-21/h1-11,16,25,32H,12-15,17-18H2. The number of nitrogens with zero attached hydrogens (tertiary/aromatic N) is 2. The molecule has 3 aromatic rings. The molecule has 170 valence electrons. The van der Waals surface area contributed by atoms with E-state index in [4.69, 9.17) is 16.3 Å². The molecule has 33 heavy (non-hydrogen) atoms. The fourth-order valence-electron chi connectivity index (χ4n) is 4.34. The number of nitriles is 1.